The molecule has 4 nitrogen and oxygen atoms in total. The van der Waals surface area contributed by atoms with Crippen LogP contribution in [-0.2, 0) is 11.3 Å². The van der Waals surface area contributed by atoms with Gasteiger partial charge in [-0.3, -0.25) is 10.1 Å². The minimum Gasteiger partial charge on any atom is -0.374 e. The third-order valence-corrected chi connectivity index (χ3v) is 2.94. The van der Waals surface area contributed by atoms with Crippen LogP contribution in [0, 0.1) is 10.1 Å². The van der Waals surface area contributed by atoms with Crippen molar-refractivity contribution in [2.75, 3.05) is 0 Å². The van der Waals surface area contributed by atoms with Gasteiger partial charge in [0.1, 0.15) is 0 Å². The van der Waals surface area contributed by atoms with E-state index in [0.29, 0.717) is 12.7 Å². The van der Waals surface area contributed by atoms with Crippen molar-refractivity contribution in [3.8, 4) is 0 Å². The molecule has 1 aromatic carbocycles. The van der Waals surface area contributed by atoms with Crippen molar-refractivity contribution >= 4 is 5.69 Å². The Morgan fingerprint density at radius 1 is 1.25 bits per heavy atom. The molecule has 0 bridgehead atoms. The molecule has 0 spiro atoms. The van der Waals surface area contributed by atoms with Crippen LogP contribution >= 0.6 is 0 Å². The van der Waals surface area contributed by atoms with Crippen LogP contribution < -0.4 is 0 Å². The lowest BCUT2D eigenvalue weighted by atomic mass is 10.2. The predicted molar refractivity (Wildman–Crippen MR) is 60.1 cm³/mol. The van der Waals surface area contributed by atoms with Gasteiger partial charge in [-0.05, 0) is 30.5 Å². The first-order chi connectivity index (χ1) is 7.75. The van der Waals surface area contributed by atoms with Gasteiger partial charge >= 0.3 is 0 Å². The molecule has 0 aromatic heterocycles. The maximum atomic E-state index is 10.5. The molecule has 0 amide bonds. The Labute approximate surface area is 94.4 Å². The number of nitrogens with zero attached hydrogens (tertiary/aromatic N) is 1. The van der Waals surface area contributed by atoms with E-state index in [1.54, 1.807) is 12.1 Å². The zero-order chi connectivity index (χ0) is 11.4. The molecule has 1 saturated carbocycles. The number of nitro groups is 1. The van der Waals surface area contributed by atoms with Crippen LogP contribution in [0.4, 0.5) is 5.69 Å². The lowest BCUT2D eigenvalue weighted by Gasteiger charge is -2.10. The fraction of sp³-hybridized carbons (Fsp3) is 0.500. The van der Waals surface area contributed by atoms with Gasteiger partial charge in [0, 0.05) is 12.1 Å². The Morgan fingerprint density at radius 3 is 2.44 bits per heavy atom. The normalized spacial score (nSPS) is 16.5. The van der Waals surface area contributed by atoms with Crippen LogP contribution in [0.25, 0.3) is 0 Å². The summed E-state index contributed by atoms with van der Waals surface area (Å²) in [7, 11) is 0. The molecule has 1 fully saturated rings. The van der Waals surface area contributed by atoms with Crippen LogP contribution in [0.1, 0.15) is 31.2 Å². The van der Waals surface area contributed by atoms with Crippen molar-refractivity contribution in [3.63, 3.8) is 0 Å². The Kier molecular flexibility index (Phi) is 3.51. The average molecular weight is 221 g/mol. The molecule has 2 rings (SSSR count). The number of non-ortho nitro benzene ring substituents is 1. The molecule has 0 N–H and O–H groups in total. The van der Waals surface area contributed by atoms with Crippen molar-refractivity contribution < 1.29 is 9.66 Å². The van der Waals surface area contributed by atoms with Gasteiger partial charge in [0.2, 0.25) is 0 Å². The molecule has 4 heteroatoms. The van der Waals surface area contributed by atoms with Gasteiger partial charge in [-0.25, -0.2) is 0 Å². The third kappa shape index (κ3) is 2.79. The number of hydrogen-bond donors (Lipinski definition) is 0. The summed E-state index contributed by atoms with van der Waals surface area (Å²) in [4.78, 5) is 10.1. The van der Waals surface area contributed by atoms with Crippen LogP contribution in [0.5, 0.6) is 0 Å². The summed E-state index contributed by atoms with van der Waals surface area (Å²) in [5.41, 5.74) is 1.13. The Bertz CT molecular complexity index is 355. The second kappa shape index (κ2) is 5.07. The number of hydrogen-bond acceptors (Lipinski definition) is 3. The second-order valence-electron chi connectivity index (χ2n) is 4.14. The summed E-state index contributed by atoms with van der Waals surface area (Å²) >= 11 is 0. The molecule has 0 saturated heterocycles. The van der Waals surface area contributed by atoms with Gasteiger partial charge in [-0.1, -0.05) is 12.8 Å². The van der Waals surface area contributed by atoms with Crippen LogP contribution in [0.2, 0.25) is 0 Å². The minimum absolute atomic E-state index is 0.129. The zero-order valence-electron chi connectivity index (χ0n) is 9.09. The number of nitro benzene ring substituents is 1. The second-order valence-corrected chi connectivity index (χ2v) is 4.14. The summed E-state index contributed by atoms with van der Waals surface area (Å²) in [5, 5.41) is 10.5. The molecule has 0 atom stereocenters. The predicted octanol–water partition coefficient (Wildman–Crippen LogP) is 3.05. The largest absolute Gasteiger partial charge is 0.374 e. The highest BCUT2D eigenvalue weighted by molar-refractivity contribution is 5.32. The van der Waals surface area contributed by atoms with E-state index in [4.69, 9.17) is 4.74 Å². The van der Waals surface area contributed by atoms with E-state index in [1.165, 1.54) is 25.0 Å². The summed E-state index contributed by atoms with van der Waals surface area (Å²) in [6, 6.07) is 6.56. The minimum atomic E-state index is -0.387. The molecule has 16 heavy (non-hydrogen) atoms. The standard InChI is InChI=1S/C12H15NO3/c14-13(15)11-7-5-10(6-8-11)9-16-12-3-1-2-4-12/h5-8,12H,1-4,9H2. The molecule has 1 aliphatic carbocycles. The van der Waals surface area contributed by atoms with Crippen molar-refractivity contribution in [2.45, 2.75) is 38.4 Å². The summed E-state index contributed by atoms with van der Waals surface area (Å²) in [6.07, 6.45) is 5.19. The first kappa shape index (κ1) is 11.1. The fourth-order valence-corrected chi connectivity index (χ4v) is 1.98. The van der Waals surface area contributed by atoms with E-state index >= 15 is 0 Å². The van der Waals surface area contributed by atoms with E-state index in [1.807, 2.05) is 0 Å². The van der Waals surface area contributed by atoms with Crippen molar-refractivity contribution in [2.24, 2.45) is 0 Å². The number of benzene rings is 1. The quantitative estimate of drug-likeness (QED) is 0.580. The average Bonchev–Trinajstić information content (AvgIpc) is 2.80. The highest BCUT2D eigenvalue weighted by Gasteiger charge is 2.15. The highest BCUT2D eigenvalue weighted by Crippen LogP contribution is 2.22. The van der Waals surface area contributed by atoms with Gasteiger partial charge in [0.05, 0.1) is 17.6 Å². The summed E-state index contributed by atoms with van der Waals surface area (Å²) < 4.78 is 5.72. The summed E-state index contributed by atoms with van der Waals surface area (Å²) in [6.45, 7) is 0.558. The van der Waals surface area contributed by atoms with Gasteiger partial charge in [0.15, 0.2) is 0 Å². The van der Waals surface area contributed by atoms with E-state index in [-0.39, 0.29) is 10.6 Å². The molecule has 0 heterocycles. The summed E-state index contributed by atoms with van der Waals surface area (Å²) in [5.74, 6) is 0. The molecule has 1 aromatic rings. The van der Waals surface area contributed by atoms with Crippen LogP contribution in [-0.4, -0.2) is 11.0 Å². The lowest BCUT2D eigenvalue weighted by molar-refractivity contribution is -0.384. The lowest BCUT2D eigenvalue weighted by Crippen LogP contribution is -2.07. The molecular formula is C12H15NO3. The first-order valence-electron chi connectivity index (χ1n) is 5.60. The van der Waals surface area contributed by atoms with Gasteiger partial charge in [0.25, 0.3) is 5.69 Å². The fourth-order valence-electron chi connectivity index (χ4n) is 1.98. The van der Waals surface area contributed by atoms with Gasteiger partial charge < -0.3 is 4.74 Å². The maximum Gasteiger partial charge on any atom is 0.269 e. The maximum absolute atomic E-state index is 10.5. The van der Waals surface area contributed by atoms with Crippen LogP contribution in [0.3, 0.4) is 0 Å². The van der Waals surface area contributed by atoms with E-state index in [9.17, 15) is 10.1 Å². The topological polar surface area (TPSA) is 52.4 Å². The van der Waals surface area contributed by atoms with Crippen molar-refractivity contribution in [1.29, 1.82) is 0 Å². The van der Waals surface area contributed by atoms with E-state index < -0.39 is 0 Å². The molecule has 1 aliphatic rings. The SMILES string of the molecule is O=[N+]([O-])c1ccc(COC2CCCC2)cc1. The van der Waals surface area contributed by atoms with Gasteiger partial charge in [-0.2, -0.15) is 0 Å². The highest BCUT2D eigenvalue weighted by atomic mass is 16.6. The van der Waals surface area contributed by atoms with Crippen LogP contribution in [0.15, 0.2) is 24.3 Å². The Morgan fingerprint density at radius 2 is 1.88 bits per heavy atom. The Hall–Kier alpha value is -1.42. The molecule has 0 radical (unpaired) electrons. The third-order valence-electron chi connectivity index (χ3n) is 2.94. The Balaban J connectivity index is 1.87. The smallest absolute Gasteiger partial charge is 0.269 e. The molecule has 0 aliphatic heterocycles. The monoisotopic (exact) mass is 221 g/mol. The van der Waals surface area contributed by atoms with E-state index in [2.05, 4.69) is 0 Å². The van der Waals surface area contributed by atoms with Gasteiger partial charge in [-0.15, -0.1) is 0 Å². The number of rotatable bonds is 4. The molecule has 86 valence electrons. The molecule has 0 unspecified atom stereocenters. The first-order valence-corrected chi connectivity index (χ1v) is 5.60. The van der Waals surface area contributed by atoms with Crippen molar-refractivity contribution in [1.82, 2.24) is 0 Å². The zero-order valence-corrected chi connectivity index (χ0v) is 9.09. The number of ether oxygens (including phenoxy) is 1. The van der Waals surface area contributed by atoms with E-state index in [0.717, 1.165) is 18.4 Å². The molecular weight excluding hydrogens is 206 g/mol. The van der Waals surface area contributed by atoms with Crippen molar-refractivity contribution in [3.05, 3.63) is 39.9 Å².